The Bertz CT molecular complexity index is 931. The van der Waals surface area contributed by atoms with Crippen LogP contribution in [0.1, 0.15) is 18.1 Å². The van der Waals surface area contributed by atoms with Crippen LogP contribution >= 0.6 is 0 Å². The molecule has 0 saturated heterocycles. The van der Waals surface area contributed by atoms with E-state index in [2.05, 4.69) is 5.32 Å². The molecule has 30 heavy (non-hydrogen) atoms. The minimum atomic E-state index is -0.710. The van der Waals surface area contributed by atoms with Gasteiger partial charge in [-0.1, -0.05) is 29.8 Å². The van der Waals surface area contributed by atoms with Crippen LogP contribution < -0.4 is 14.8 Å². The lowest BCUT2D eigenvalue weighted by atomic mass is 10.1. The molecule has 1 atom stereocenters. The van der Waals surface area contributed by atoms with Crippen LogP contribution in [0.15, 0.2) is 42.5 Å². The number of likely N-dealkylation sites (N-methyl/N-ethyl adjacent to an activating group) is 1. The van der Waals surface area contributed by atoms with Crippen LogP contribution in [0.4, 0.5) is 5.69 Å². The highest BCUT2D eigenvalue weighted by Gasteiger charge is 2.26. The second-order valence-electron chi connectivity index (χ2n) is 6.68. The highest BCUT2D eigenvalue weighted by Crippen LogP contribution is 2.30. The molecular formula is C21H25N3O6. The summed E-state index contributed by atoms with van der Waals surface area (Å²) in [4.78, 5) is 36.9. The number of amides is 2. The van der Waals surface area contributed by atoms with Crippen LogP contribution in [0, 0.1) is 17.0 Å². The Morgan fingerprint density at radius 2 is 1.97 bits per heavy atom. The first kappa shape index (κ1) is 22.7. The molecule has 2 aromatic carbocycles. The van der Waals surface area contributed by atoms with E-state index < -0.39 is 16.9 Å². The van der Waals surface area contributed by atoms with E-state index in [0.717, 1.165) is 11.1 Å². The number of ether oxygens (including phenoxy) is 2. The lowest BCUT2D eigenvalue weighted by Gasteiger charge is -2.28. The summed E-state index contributed by atoms with van der Waals surface area (Å²) < 4.78 is 10.5. The Morgan fingerprint density at radius 3 is 2.57 bits per heavy atom. The highest BCUT2D eigenvalue weighted by molar-refractivity contribution is 5.87. The van der Waals surface area contributed by atoms with Crippen LogP contribution in [-0.2, 0) is 16.1 Å². The number of hydrogen-bond acceptors (Lipinski definition) is 6. The Morgan fingerprint density at radius 1 is 1.23 bits per heavy atom. The maximum Gasteiger partial charge on any atom is 0.311 e. The van der Waals surface area contributed by atoms with Gasteiger partial charge in [-0.2, -0.15) is 0 Å². The van der Waals surface area contributed by atoms with Crippen molar-refractivity contribution < 1.29 is 24.0 Å². The third-order valence-electron chi connectivity index (χ3n) is 4.56. The lowest BCUT2D eigenvalue weighted by Crippen LogP contribution is -2.48. The van der Waals surface area contributed by atoms with Gasteiger partial charge in [0.2, 0.25) is 11.7 Å². The first-order valence-electron chi connectivity index (χ1n) is 9.28. The number of nitro groups is 1. The fourth-order valence-corrected chi connectivity index (χ4v) is 2.93. The van der Waals surface area contributed by atoms with E-state index in [1.807, 2.05) is 31.2 Å². The van der Waals surface area contributed by atoms with E-state index in [9.17, 15) is 19.7 Å². The maximum absolute atomic E-state index is 12.9. The molecule has 0 spiro atoms. The van der Waals surface area contributed by atoms with Gasteiger partial charge in [-0.05, 0) is 25.5 Å². The normalized spacial score (nSPS) is 11.3. The van der Waals surface area contributed by atoms with Crippen molar-refractivity contribution in [3.05, 3.63) is 63.7 Å². The monoisotopic (exact) mass is 415 g/mol. The minimum Gasteiger partial charge on any atom is -0.490 e. The molecule has 2 aromatic rings. The largest absolute Gasteiger partial charge is 0.490 e. The van der Waals surface area contributed by atoms with Gasteiger partial charge in [0.05, 0.1) is 12.0 Å². The number of aryl methyl sites for hydroxylation is 1. The Kier molecular flexibility index (Phi) is 7.74. The van der Waals surface area contributed by atoms with Gasteiger partial charge in [-0.25, -0.2) is 0 Å². The van der Waals surface area contributed by atoms with Crippen LogP contribution in [0.2, 0.25) is 0 Å². The number of rotatable bonds is 9. The molecular weight excluding hydrogens is 390 g/mol. The van der Waals surface area contributed by atoms with Crippen LogP contribution in [0.3, 0.4) is 0 Å². The molecule has 0 unspecified atom stereocenters. The van der Waals surface area contributed by atoms with Crippen molar-refractivity contribution in [2.24, 2.45) is 0 Å². The highest BCUT2D eigenvalue weighted by atomic mass is 16.6. The van der Waals surface area contributed by atoms with E-state index in [1.54, 1.807) is 6.92 Å². The summed E-state index contributed by atoms with van der Waals surface area (Å²) >= 11 is 0. The third kappa shape index (κ3) is 5.69. The van der Waals surface area contributed by atoms with Gasteiger partial charge in [0.1, 0.15) is 11.8 Å². The van der Waals surface area contributed by atoms with Crippen LogP contribution in [-0.4, -0.2) is 48.4 Å². The molecule has 9 heteroatoms. The van der Waals surface area contributed by atoms with Crippen LogP contribution in [0.25, 0.3) is 0 Å². The van der Waals surface area contributed by atoms with E-state index in [-0.39, 0.29) is 36.2 Å². The molecule has 9 nitrogen and oxygen atoms in total. The fourth-order valence-electron chi connectivity index (χ4n) is 2.93. The standard InChI is InChI=1S/C21H25N3O6/c1-14-6-5-7-16(10-14)12-23(15(2)21(26)22-3)20(25)13-30-17-8-9-18(24(27)28)19(11-17)29-4/h5-11,15H,12-13H2,1-4H3,(H,22,26)/t15-/m1/s1. The molecule has 2 rings (SSSR count). The molecule has 0 aromatic heterocycles. The van der Waals surface area contributed by atoms with Crippen molar-refractivity contribution in [3.8, 4) is 11.5 Å². The van der Waals surface area contributed by atoms with Crippen molar-refractivity contribution in [2.75, 3.05) is 20.8 Å². The number of hydrogen-bond donors (Lipinski definition) is 1. The number of nitrogens with one attached hydrogen (secondary N) is 1. The summed E-state index contributed by atoms with van der Waals surface area (Å²) in [5, 5.41) is 13.5. The van der Waals surface area contributed by atoms with Crippen LogP contribution in [0.5, 0.6) is 11.5 Å². The average Bonchev–Trinajstić information content (AvgIpc) is 2.74. The van der Waals surface area contributed by atoms with E-state index >= 15 is 0 Å². The summed E-state index contributed by atoms with van der Waals surface area (Å²) in [6, 6.07) is 10.9. The van der Waals surface area contributed by atoms with Crippen molar-refractivity contribution in [1.29, 1.82) is 0 Å². The van der Waals surface area contributed by atoms with Gasteiger partial charge in [-0.3, -0.25) is 19.7 Å². The number of benzene rings is 2. The van der Waals surface area contributed by atoms with Gasteiger partial charge in [0.25, 0.3) is 5.91 Å². The van der Waals surface area contributed by atoms with Crippen molar-refractivity contribution in [2.45, 2.75) is 26.4 Å². The summed E-state index contributed by atoms with van der Waals surface area (Å²) in [5.74, 6) is -0.424. The second kappa shape index (κ2) is 10.2. The molecule has 0 heterocycles. The molecule has 0 aliphatic carbocycles. The zero-order valence-corrected chi connectivity index (χ0v) is 17.4. The van der Waals surface area contributed by atoms with Gasteiger partial charge in [-0.15, -0.1) is 0 Å². The Balaban J connectivity index is 2.17. The molecule has 0 saturated carbocycles. The first-order chi connectivity index (χ1) is 14.3. The summed E-state index contributed by atoms with van der Waals surface area (Å²) in [6.07, 6.45) is 0. The fraction of sp³-hybridized carbons (Fsp3) is 0.333. The second-order valence-corrected chi connectivity index (χ2v) is 6.68. The molecule has 0 aliphatic heterocycles. The number of carbonyl (C=O) groups excluding carboxylic acids is 2. The Hall–Kier alpha value is -3.62. The number of nitro benzene ring substituents is 1. The SMILES string of the molecule is CNC(=O)[C@@H](C)N(Cc1cccc(C)c1)C(=O)COc1ccc([N+](=O)[O-])c(OC)c1. The van der Waals surface area contributed by atoms with Gasteiger partial charge >= 0.3 is 5.69 Å². The topological polar surface area (TPSA) is 111 Å². The van der Waals surface area contributed by atoms with Gasteiger partial charge < -0.3 is 19.7 Å². The zero-order chi connectivity index (χ0) is 22.3. The lowest BCUT2D eigenvalue weighted by molar-refractivity contribution is -0.385. The zero-order valence-electron chi connectivity index (χ0n) is 17.4. The van der Waals surface area contributed by atoms with Crippen molar-refractivity contribution in [1.82, 2.24) is 10.2 Å². The number of nitrogens with zero attached hydrogens (tertiary/aromatic N) is 2. The van der Waals surface area contributed by atoms with E-state index in [4.69, 9.17) is 9.47 Å². The number of carbonyl (C=O) groups is 2. The number of methoxy groups -OCH3 is 1. The Labute approximate surface area is 174 Å². The van der Waals surface area contributed by atoms with Crippen molar-refractivity contribution in [3.63, 3.8) is 0 Å². The maximum atomic E-state index is 12.9. The predicted molar refractivity (Wildman–Crippen MR) is 110 cm³/mol. The smallest absolute Gasteiger partial charge is 0.311 e. The first-order valence-corrected chi connectivity index (χ1v) is 9.28. The molecule has 160 valence electrons. The molecule has 0 fully saturated rings. The quantitative estimate of drug-likeness (QED) is 0.497. The summed E-state index contributed by atoms with van der Waals surface area (Å²) in [7, 11) is 2.82. The molecule has 2 amide bonds. The van der Waals surface area contributed by atoms with Crippen molar-refractivity contribution >= 4 is 17.5 Å². The summed E-state index contributed by atoms with van der Waals surface area (Å²) in [6.45, 7) is 3.49. The minimum absolute atomic E-state index is 0.0281. The molecule has 0 aliphatic rings. The molecule has 0 radical (unpaired) electrons. The molecule has 0 bridgehead atoms. The average molecular weight is 415 g/mol. The molecule has 1 N–H and O–H groups in total. The predicted octanol–water partition coefficient (Wildman–Crippen LogP) is 2.45. The van der Waals surface area contributed by atoms with Gasteiger partial charge in [0, 0.05) is 25.7 Å². The van der Waals surface area contributed by atoms with Gasteiger partial charge in [0.15, 0.2) is 6.61 Å². The van der Waals surface area contributed by atoms with E-state index in [1.165, 1.54) is 37.3 Å². The summed E-state index contributed by atoms with van der Waals surface area (Å²) in [5.41, 5.74) is 1.73. The van der Waals surface area contributed by atoms with E-state index in [0.29, 0.717) is 0 Å². The third-order valence-corrected chi connectivity index (χ3v) is 4.56.